The average molecular weight is 571 g/mol. The molecule has 1 heterocycles. The number of amides is 1. The predicted molar refractivity (Wildman–Crippen MR) is 163 cm³/mol. The molecule has 2 N–H and O–H groups in total. The summed E-state index contributed by atoms with van der Waals surface area (Å²) in [5.41, 5.74) is 5.51. The number of halogens is 1. The quantitative estimate of drug-likeness (QED) is 0.160. The summed E-state index contributed by atoms with van der Waals surface area (Å²) < 4.78 is 6.21. The van der Waals surface area contributed by atoms with Crippen molar-refractivity contribution in [2.24, 2.45) is 5.10 Å². The Morgan fingerprint density at radius 3 is 2.37 bits per heavy atom. The van der Waals surface area contributed by atoms with Crippen LogP contribution in [0.3, 0.4) is 0 Å². The second-order valence-corrected chi connectivity index (χ2v) is 10.3. The van der Waals surface area contributed by atoms with E-state index in [1.54, 1.807) is 13.1 Å². The number of hydrazone groups is 1. The lowest BCUT2D eigenvalue weighted by Gasteiger charge is -2.36. The topological polar surface area (TPSA) is 94.5 Å². The fourth-order valence-electron chi connectivity index (χ4n) is 4.83. The van der Waals surface area contributed by atoms with Crippen molar-refractivity contribution in [3.63, 3.8) is 0 Å². The zero-order valence-electron chi connectivity index (χ0n) is 22.7. The molecule has 0 radical (unpaired) electrons. The molecule has 1 aliphatic rings. The molecule has 9 heteroatoms. The zero-order chi connectivity index (χ0) is 28.8. The summed E-state index contributed by atoms with van der Waals surface area (Å²) >= 11 is 5.90. The number of phenols is 1. The molecule has 0 aromatic heterocycles. The van der Waals surface area contributed by atoms with Gasteiger partial charge in [-0.25, -0.2) is 5.43 Å². The Balaban J connectivity index is 1.15. The number of carbonyl (C=O) groups excluding carboxylic acids is 2. The molecule has 0 spiro atoms. The van der Waals surface area contributed by atoms with Gasteiger partial charge in [-0.2, -0.15) is 5.10 Å². The molecule has 4 aromatic rings. The van der Waals surface area contributed by atoms with Crippen molar-refractivity contribution in [1.82, 2.24) is 10.3 Å². The van der Waals surface area contributed by atoms with Crippen molar-refractivity contribution in [1.29, 1.82) is 0 Å². The molecule has 1 amide bonds. The second-order valence-electron chi connectivity index (χ2n) is 9.84. The van der Waals surface area contributed by atoms with Crippen molar-refractivity contribution in [3.05, 3.63) is 101 Å². The molecule has 0 atom stereocenters. The molecule has 0 unspecified atom stereocenters. The second kappa shape index (κ2) is 12.8. The Bertz CT molecular complexity index is 1580. The smallest absolute Gasteiger partial charge is 0.271 e. The maximum Gasteiger partial charge on any atom is 0.271 e. The molecule has 1 aliphatic heterocycles. The van der Waals surface area contributed by atoms with Crippen LogP contribution in [-0.4, -0.2) is 67.2 Å². The van der Waals surface area contributed by atoms with Crippen molar-refractivity contribution in [3.8, 4) is 11.5 Å². The molecule has 41 heavy (non-hydrogen) atoms. The number of piperazine rings is 1. The minimum Gasteiger partial charge on any atom is -0.506 e. The van der Waals surface area contributed by atoms with Gasteiger partial charge in [0.1, 0.15) is 18.1 Å². The van der Waals surface area contributed by atoms with E-state index < -0.39 is 5.91 Å². The van der Waals surface area contributed by atoms with Crippen molar-refractivity contribution in [2.45, 2.75) is 6.92 Å². The highest BCUT2D eigenvalue weighted by Crippen LogP contribution is 2.28. The summed E-state index contributed by atoms with van der Waals surface area (Å²) in [7, 11) is 0. The van der Waals surface area contributed by atoms with E-state index in [9.17, 15) is 14.7 Å². The van der Waals surface area contributed by atoms with Crippen LogP contribution in [0.5, 0.6) is 11.5 Å². The van der Waals surface area contributed by atoms with E-state index in [-0.39, 0.29) is 16.6 Å². The van der Waals surface area contributed by atoms with Crippen LogP contribution < -0.4 is 15.1 Å². The lowest BCUT2D eigenvalue weighted by atomic mass is 10.0. The molecule has 210 valence electrons. The van der Waals surface area contributed by atoms with Crippen molar-refractivity contribution < 1.29 is 19.4 Å². The summed E-state index contributed by atoms with van der Waals surface area (Å²) in [5, 5.41) is 15.7. The highest BCUT2D eigenvalue weighted by molar-refractivity contribution is 6.32. The predicted octanol–water partition coefficient (Wildman–Crippen LogP) is 5.37. The number of aromatic hydroxyl groups is 1. The number of anilines is 1. The van der Waals surface area contributed by atoms with Gasteiger partial charge in [0.25, 0.3) is 5.91 Å². The van der Waals surface area contributed by atoms with Gasteiger partial charge in [0.2, 0.25) is 0 Å². The molecular formula is C32H31ClN4O4. The normalized spacial score (nSPS) is 14.0. The standard InChI is InChI=1S/C32H31ClN4O4/c1-22(38)23-6-10-26(11-7-23)37-16-14-36(15-17-37)18-19-41-31-13-9-25(27-4-2-3-5-28(27)31)21-34-35-32(40)24-8-12-30(39)29(33)20-24/h2-13,20-21,39H,14-19H2,1H3,(H,35,40). The molecule has 8 nitrogen and oxygen atoms in total. The largest absolute Gasteiger partial charge is 0.506 e. The Morgan fingerprint density at radius 2 is 1.66 bits per heavy atom. The van der Waals surface area contributed by atoms with Gasteiger partial charge >= 0.3 is 0 Å². The molecule has 0 saturated carbocycles. The number of nitrogens with zero attached hydrogens (tertiary/aromatic N) is 3. The van der Waals surface area contributed by atoms with Gasteiger partial charge in [0.15, 0.2) is 5.78 Å². The SMILES string of the molecule is CC(=O)c1ccc(N2CCN(CCOc3ccc(C=NNC(=O)c4ccc(O)c(Cl)c4)c4ccccc34)CC2)cc1. The van der Waals surface area contributed by atoms with Crippen LogP contribution in [0.1, 0.15) is 33.2 Å². The van der Waals surface area contributed by atoms with E-state index in [0.29, 0.717) is 12.2 Å². The molecular weight excluding hydrogens is 540 g/mol. The number of phenolic OH excluding ortho intramolecular Hbond substituents is 1. The van der Waals surface area contributed by atoms with Crippen LogP contribution in [-0.2, 0) is 0 Å². The van der Waals surface area contributed by atoms with Crippen molar-refractivity contribution in [2.75, 3.05) is 44.2 Å². The Labute approximate surface area is 243 Å². The number of rotatable bonds is 9. The number of ether oxygens (including phenoxy) is 1. The fourth-order valence-corrected chi connectivity index (χ4v) is 5.01. The highest BCUT2D eigenvalue weighted by Gasteiger charge is 2.17. The monoisotopic (exact) mass is 570 g/mol. The summed E-state index contributed by atoms with van der Waals surface area (Å²) in [6, 6.07) is 23.8. The van der Waals surface area contributed by atoms with Gasteiger partial charge < -0.3 is 14.7 Å². The third-order valence-electron chi connectivity index (χ3n) is 7.17. The van der Waals surface area contributed by atoms with Crippen LogP contribution in [0.4, 0.5) is 5.69 Å². The van der Waals surface area contributed by atoms with E-state index in [4.69, 9.17) is 16.3 Å². The van der Waals surface area contributed by atoms with Crippen LogP contribution >= 0.6 is 11.6 Å². The molecule has 5 rings (SSSR count). The van der Waals surface area contributed by atoms with Gasteiger partial charge in [-0.15, -0.1) is 0 Å². The Morgan fingerprint density at radius 1 is 0.951 bits per heavy atom. The third kappa shape index (κ3) is 6.85. The van der Waals surface area contributed by atoms with Gasteiger partial charge in [-0.3, -0.25) is 14.5 Å². The summed E-state index contributed by atoms with van der Waals surface area (Å²) in [6.07, 6.45) is 1.60. The lowest BCUT2D eigenvalue weighted by Crippen LogP contribution is -2.47. The van der Waals surface area contributed by atoms with Crippen LogP contribution in [0.15, 0.2) is 84.0 Å². The molecule has 0 aliphatic carbocycles. The van der Waals surface area contributed by atoms with E-state index in [1.807, 2.05) is 60.7 Å². The minimum absolute atomic E-state index is 0.0819. The summed E-state index contributed by atoms with van der Waals surface area (Å²) in [5.74, 6) is 0.361. The first-order valence-electron chi connectivity index (χ1n) is 13.4. The number of fused-ring (bicyclic) bond motifs is 1. The van der Waals surface area contributed by atoms with Crippen LogP contribution in [0.2, 0.25) is 5.02 Å². The summed E-state index contributed by atoms with van der Waals surface area (Å²) in [6.45, 7) is 6.70. The molecule has 1 saturated heterocycles. The van der Waals surface area contributed by atoms with Gasteiger partial charge in [-0.05, 0) is 66.9 Å². The molecule has 1 fully saturated rings. The average Bonchev–Trinajstić information content (AvgIpc) is 2.99. The van der Waals surface area contributed by atoms with E-state index >= 15 is 0 Å². The molecule has 0 bridgehead atoms. The highest BCUT2D eigenvalue weighted by atomic mass is 35.5. The minimum atomic E-state index is -0.431. The Hall–Kier alpha value is -4.40. The maximum absolute atomic E-state index is 12.4. The fraction of sp³-hybridized carbons (Fsp3) is 0.219. The van der Waals surface area contributed by atoms with E-state index in [2.05, 4.69) is 20.3 Å². The maximum atomic E-state index is 12.4. The number of benzene rings is 4. The van der Waals surface area contributed by atoms with Gasteiger partial charge in [0.05, 0.1) is 11.2 Å². The Kier molecular flexibility index (Phi) is 8.82. The summed E-state index contributed by atoms with van der Waals surface area (Å²) in [4.78, 5) is 28.7. The van der Waals surface area contributed by atoms with E-state index in [0.717, 1.165) is 66.1 Å². The molecule has 4 aromatic carbocycles. The zero-order valence-corrected chi connectivity index (χ0v) is 23.5. The van der Waals surface area contributed by atoms with Crippen molar-refractivity contribution >= 4 is 46.0 Å². The van der Waals surface area contributed by atoms with Crippen LogP contribution in [0, 0.1) is 0 Å². The third-order valence-corrected chi connectivity index (χ3v) is 7.48. The van der Waals surface area contributed by atoms with Gasteiger partial charge in [-0.1, -0.05) is 35.9 Å². The first kappa shape index (κ1) is 28.1. The first-order chi connectivity index (χ1) is 19.9. The number of nitrogens with one attached hydrogen (secondary N) is 1. The van der Waals surface area contributed by atoms with Gasteiger partial charge in [0, 0.05) is 60.5 Å². The van der Waals surface area contributed by atoms with E-state index in [1.165, 1.54) is 18.2 Å². The van der Waals surface area contributed by atoms with Crippen LogP contribution in [0.25, 0.3) is 10.8 Å². The first-order valence-corrected chi connectivity index (χ1v) is 13.8. The number of Topliss-reactive ketones (excluding diaryl/α,β-unsaturated/α-hetero) is 1. The number of carbonyl (C=O) groups is 2. The number of hydrogen-bond acceptors (Lipinski definition) is 7. The lowest BCUT2D eigenvalue weighted by molar-refractivity contribution is 0.0954. The number of ketones is 1. The number of hydrogen-bond donors (Lipinski definition) is 2.